The number of rotatable bonds is 4. The van der Waals surface area contributed by atoms with Gasteiger partial charge in [0.25, 0.3) is 11.5 Å². The molecule has 38 heavy (non-hydrogen) atoms. The summed E-state index contributed by atoms with van der Waals surface area (Å²) in [6, 6.07) is 6.28. The summed E-state index contributed by atoms with van der Waals surface area (Å²) in [7, 11) is 0. The number of carbonyl (C=O) groups is 1. The molecule has 8 heteroatoms. The van der Waals surface area contributed by atoms with E-state index in [0.717, 1.165) is 54.8 Å². The highest BCUT2D eigenvalue weighted by molar-refractivity contribution is 6.09. The first-order valence-corrected chi connectivity index (χ1v) is 13.6. The molecule has 1 N–H and O–H groups in total. The maximum absolute atomic E-state index is 14.0. The number of ether oxygens (including phenoxy) is 1. The van der Waals surface area contributed by atoms with Gasteiger partial charge in [-0.2, -0.15) is 0 Å². The Labute approximate surface area is 221 Å². The normalized spacial score (nSPS) is 19.6. The Morgan fingerprint density at radius 3 is 2.47 bits per heavy atom. The van der Waals surface area contributed by atoms with Gasteiger partial charge in [0.15, 0.2) is 0 Å². The summed E-state index contributed by atoms with van der Waals surface area (Å²) in [5, 5.41) is 0. The minimum atomic E-state index is -0.184. The number of anilines is 1. The van der Waals surface area contributed by atoms with Gasteiger partial charge in [-0.15, -0.1) is 0 Å². The predicted molar refractivity (Wildman–Crippen MR) is 146 cm³/mol. The van der Waals surface area contributed by atoms with Crippen LogP contribution in [0.25, 0.3) is 16.6 Å². The summed E-state index contributed by atoms with van der Waals surface area (Å²) in [5.41, 5.74) is 6.18. The monoisotopic (exact) mass is 511 g/mol. The zero-order valence-corrected chi connectivity index (χ0v) is 20.7. The first kappa shape index (κ1) is 23.6. The highest BCUT2D eigenvalue weighted by Gasteiger charge is 2.35. The molecule has 0 atom stereocenters. The van der Waals surface area contributed by atoms with Gasteiger partial charge in [0.1, 0.15) is 17.2 Å². The Morgan fingerprint density at radius 1 is 0.921 bits per heavy atom. The van der Waals surface area contributed by atoms with Crippen molar-refractivity contribution >= 4 is 28.3 Å². The lowest BCUT2D eigenvalue weighted by molar-refractivity contribution is 0.0835. The van der Waals surface area contributed by atoms with Crippen LogP contribution in [-0.4, -0.2) is 45.0 Å². The number of nitrogens with zero attached hydrogens (tertiary/aromatic N) is 4. The van der Waals surface area contributed by atoms with Crippen LogP contribution in [-0.2, 0) is 11.2 Å². The van der Waals surface area contributed by atoms with E-state index in [0.29, 0.717) is 48.2 Å². The number of aromatic amines is 1. The average Bonchev–Trinajstić information content (AvgIpc) is 3.86. The van der Waals surface area contributed by atoms with Crippen molar-refractivity contribution in [1.82, 2.24) is 19.4 Å². The third-order valence-electron chi connectivity index (χ3n) is 8.63. The summed E-state index contributed by atoms with van der Waals surface area (Å²) in [6.45, 7) is 2.06. The third-order valence-corrected chi connectivity index (χ3v) is 8.63. The Bertz CT molecular complexity index is 1640. The predicted octanol–water partition coefficient (Wildman–Crippen LogP) is 5.06. The van der Waals surface area contributed by atoms with Crippen molar-refractivity contribution in [2.75, 3.05) is 24.7 Å². The van der Waals surface area contributed by atoms with E-state index in [2.05, 4.69) is 17.1 Å². The summed E-state index contributed by atoms with van der Waals surface area (Å²) < 4.78 is 7.59. The standard InChI is InChI=1S/C29H29N5O3.CH4/c35-28-25-15-31-27(18-6-9-37-10-7-18)34(25)24-13-21(17-3-4-17)22(12-23(24)32-28)29(36)33-8-5-19-11-20(16-1-2-16)14-30-26(19)33;/h11-18H,1-10H2,(H,32,35);1H4. The molecule has 0 radical (unpaired) electrons. The minimum Gasteiger partial charge on any atom is -0.381 e. The second kappa shape index (κ2) is 8.76. The van der Waals surface area contributed by atoms with Crippen molar-refractivity contribution < 1.29 is 9.53 Å². The number of hydrogen-bond acceptors (Lipinski definition) is 5. The van der Waals surface area contributed by atoms with E-state index in [1.165, 1.54) is 24.0 Å². The van der Waals surface area contributed by atoms with Crippen LogP contribution in [0, 0.1) is 0 Å². The number of H-pyrrole nitrogens is 1. The summed E-state index contributed by atoms with van der Waals surface area (Å²) in [4.78, 5) is 41.4. The Hall–Kier alpha value is -3.52. The van der Waals surface area contributed by atoms with Gasteiger partial charge >= 0.3 is 0 Å². The molecule has 2 saturated carbocycles. The van der Waals surface area contributed by atoms with E-state index in [1.807, 2.05) is 21.6 Å². The fraction of sp³-hybridized carbons (Fsp3) is 0.467. The quantitative estimate of drug-likeness (QED) is 0.414. The highest BCUT2D eigenvalue weighted by Crippen LogP contribution is 2.45. The van der Waals surface area contributed by atoms with Crippen LogP contribution in [0.15, 0.2) is 35.4 Å². The number of carbonyl (C=O) groups excluding carboxylic acids is 1. The Kier molecular flexibility index (Phi) is 5.44. The summed E-state index contributed by atoms with van der Waals surface area (Å²) >= 11 is 0. The highest BCUT2D eigenvalue weighted by atomic mass is 16.5. The van der Waals surface area contributed by atoms with Crippen LogP contribution in [0.2, 0.25) is 0 Å². The molecule has 1 amide bonds. The van der Waals surface area contributed by atoms with Crippen LogP contribution in [0.1, 0.15) is 96.6 Å². The molecule has 0 spiro atoms. The van der Waals surface area contributed by atoms with Gasteiger partial charge in [-0.05, 0) is 85.6 Å². The lowest BCUT2D eigenvalue weighted by Gasteiger charge is -2.22. The minimum absolute atomic E-state index is 0. The molecular formula is C30H33N5O3. The van der Waals surface area contributed by atoms with Crippen LogP contribution in [0.4, 0.5) is 5.82 Å². The van der Waals surface area contributed by atoms with Crippen molar-refractivity contribution in [3.8, 4) is 0 Å². The fourth-order valence-corrected chi connectivity index (χ4v) is 6.29. The van der Waals surface area contributed by atoms with Crippen molar-refractivity contribution in [2.24, 2.45) is 0 Å². The van der Waals surface area contributed by atoms with Gasteiger partial charge in [0.2, 0.25) is 0 Å². The van der Waals surface area contributed by atoms with Crippen LogP contribution >= 0.6 is 0 Å². The van der Waals surface area contributed by atoms with Crippen molar-refractivity contribution in [2.45, 2.75) is 70.1 Å². The van der Waals surface area contributed by atoms with Gasteiger partial charge in [-0.25, -0.2) is 9.97 Å². The number of imidazole rings is 1. The van der Waals surface area contributed by atoms with Gasteiger partial charge in [-0.1, -0.05) is 13.5 Å². The molecule has 2 aliphatic carbocycles. The maximum atomic E-state index is 14.0. The molecule has 0 bridgehead atoms. The van der Waals surface area contributed by atoms with Gasteiger partial charge in [-0.3, -0.25) is 18.9 Å². The van der Waals surface area contributed by atoms with Crippen molar-refractivity contribution in [3.05, 3.63) is 69.0 Å². The average molecular weight is 512 g/mol. The number of amides is 1. The lowest BCUT2D eigenvalue weighted by atomic mass is 9.98. The molecule has 3 aromatic heterocycles. The number of hydrogen-bond donors (Lipinski definition) is 1. The first-order chi connectivity index (χ1) is 18.2. The second-order valence-electron chi connectivity index (χ2n) is 11.1. The van der Waals surface area contributed by atoms with Crippen LogP contribution < -0.4 is 10.5 Å². The molecule has 4 aliphatic rings. The lowest BCUT2D eigenvalue weighted by Crippen LogP contribution is -2.30. The van der Waals surface area contributed by atoms with E-state index >= 15 is 0 Å². The molecule has 0 unspecified atom stereocenters. The van der Waals surface area contributed by atoms with E-state index in [9.17, 15) is 9.59 Å². The molecule has 1 saturated heterocycles. The molecule has 5 heterocycles. The zero-order valence-electron chi connectivity index (χ0n) is 20.7. The summed E-state index contributed by atoms with van der Waals surface area (Å²) in [6.07, 6.45) is 10.9. The van der Waals surface area contributed by atoms with E-state index in [1.54, 1.807) is 6.20 Å². The topological polar surface area (TPSA) is 92.6 Å². The largest absolute Gasteiger partial charge is 0.381 e. The number of fused-ring (bicyclic) bond motifs is 4. The van der Waals surface area contributed by atoms with Gasteiger partial charge in [0, 0.05) is 37.4 Å². The third kappa shape index (κ3) is 3.68. The Balaban J connectivity index is 0.00000242. The Morgan fingerprint density at radius 2 is 1.71 bits per heavy atom. The molecule has 4 aromatic rings. The molecular weight excluding hydrogens is 478 g/mol. The summed E-state index contributed by atoms with van der Waals surface area (Å²) in [5.74, 6) is 2.95. The zero-order chi connectivity index (χ0) is 24.7. The van der Waals surface area contributed by atoms with E-state index in [-0.39, 0.29) is 24.8 Å². The molecule has 8 rings (SSSR count). The number of aromatic nitrogens is 4. The smallest absolute Gasteiger partial charge is 0.274 e. The molecule has 1 aromatic carbocycles. The molecule has 2 aliphatic heterocycles. The number of pyridine rings is 1. The molecule has 196 valence electrons. The van der Waals surface area contributed by atoms with E-state index in [4.69, 9.17) is 14.7 Å². The van der Waals surface area contributed by atoms with Crippen molar-refractivity contribution in [3.63, 3.8) is 0 Å². The van der Waals surface area contributed by atoms with Crippen LogP contribution in [0.3, 0.4) is 0 Å². The fourth-order valence-electron chi connectivity index (χ4n) is 6.29. The first-order valence-electron chi connectivity index (χ1n) is 13.6. The second-order valence-corrected chi connectivity index (χ2v) is 11.1. The SMILES string of the molecule is C.O=C(c1cc2[nH]c(=O)c3cnc(C4CCOCC4)n3c2cc1C1CC1)N1CCc2cc(C3CC3)cnc21. The van der Waals surface area contributed by atoms with Gasteiger partial charge in [0.05, 0.1) is 17.2 Å². The number of benzene rings is 1. The maximum Gasteiger partial charge on any atom is 0.274 e. The molecule has 3 fully saturated rings. The van der Waals surface area contributed by atoms with Crippen LogP contribution in [0.5, 0.6) is 0 Å². The number of nitrogens with one attached hydrogen (secondary N) is 1. The van der Waals surface area contributed by atoms with E-state index < -0.39 is 0 Å². The molecule has 8 nitrogen and oxygen atoms in total. The van der Waals surface area contributed by atoms with Gasteiger partial charge < -0.3 is 9.72 Å². The van der Waals surface area contributed by atoms with Crippen molar-refractivity contribution in [1.29, 1.82) is 0 Å².